The summed E-state index contributed by atoms with van der Waals surface area (Å²) in [6, 6.07) is 5.40. The van der Waals surface area contributed by atoms with E-state index in [1.807, 2.05) is 39.0 Å². The second kappa shape index (κ2) is 10.6. The second-order valence-electron chi connectivity index (χ2n) is 6.50. The number of carbonyl (C=O) groups excluding carboxylic acids is 1. The van der Waals surface area contributed by atoms with Crippen LogP contribution in [0, 0.1) is 13.8 Å². The lowest BCUT2D eigenvalue weighted by atomic mass is 10.1. The van der Waals surface area contributed by atoms with E-state index in [1.165, 1.54) is 0 Å². The topological polar surface area (TPSA) is 102 Å². The number of ether oxygens (including phenoxy) is 1. The van der Waals surface area contributed by atoms with Crippen LogP contribution in [-0.4, -0.2) is 31.1 Å². The molecule has 140 valence electrons. The summed E-state index contributed by atoms with van der Waals surface area (Å²) in [7, 11) is 0. The van der Waals surface area contributed by atoms with Crippen LogP contribution in [-0.2, 0) is 4.79 Å². The summed E-state index contributed by atoms with van der Waals surface area (Å²) in [5, 5.41) is 5.86. The van der Waals surface area contributed by atoms with Gasteiger partial charge in [0.1, 0.15) is 12.4 Å². The first-order valence-electron chi connectivity index (χ1n) is 8.74. The number of nitrogens with one attached hydrogen (secondary N) is 2. The van der Waals surface area contributed by atoms with Crippen molar-refractivity contribution in [3.8, 4) is 5.75 Å². The average molecular weight is 348 g/mol. The number of rotatable bonds is 11. The standard InChI is InChI=1S/C19H32N4O2/c1-13-8-7-9-14(2)18(13)25-12-15(3)23-19(24)17(21)10-5-6-11-22-16(4)20/h7-9,15,17,22H,4-6,10-12,20-21H2,1-3H3,(H,23,24)/t15?,17-/m0/s1. The molecule has 0 saturated heterocycles. The fourth-order valence-corrected chi connectivity index (χ4v) is 2.50. The van der Waals surface area contributed by atoms with Gasteiger partial charge in [-0.1, -0.05) is 24.8 Å². The van der Waals surface area contributed by atoms with Gasteiger partial charge >= 0.3 is 0 Å². The number of hydrogen-bond donors (Lipinski definition) is 4. The zero-order valence-electron chi connectivity index (χ0n) is 15.6. The average Bonchev–Trinajstić information content (AvgIpc) is 2.53. The molecule has 1 aromatic rings. The molecule has 0 aliphatic rings. The van der Waals surface area contributed by atoms with E-state index >= 15 is 0 Å². The molecule has 1 rings (SSSR count). The lowest BCUT2D eigenvalue weighted by Gasteiger charge is -2.19. The largest absolute Gasteiger partial charge is 0.491 e. The van der Waals surface area contributed by atoms with Gasteiger partial charge < -0.3 is 26.8 Å². The second-order valence-corrected chi connectivity index (χ2v) is 6.50. The van der Waals surface area contributed by atoms with E-state index in [0.29, 0.717) is 18.8 Å². The number of benzene rings is 1. The first kappa shape index (κ1) is 20.8. The number of amides is 1. The molecule has 1 amide bonds. The number of hydrogen-bond acceptors (Lipinski definition) is 5. The Morgan fingerprint density at radius 3 is 2.52 bits per heavy atom. The number of unbranched alkanes of at least 4 members (excludes halogenated alkanes) is 1. The lowest BCUT2D eigenvalue weighted by Crippen LogP contribution is -2.46. The summed E-state index contributed by atoms with van der Waals surface area (Å²) in [6.45, 7) is 10.6. The molecule has 1 aromatic carbocycles. The molecular weight excluding hydrogens is 316 g/mol. The molecule has 0 radical (unpaired) electrons. The van der Waals surface area contributed by atoms with Crippen LogP contribution >= 0.6 is 0 Å². The molecule has 0 saturated carbocycles. The fourth-order valence-electron chi connectivity index (χ4n) is 2.50. The van der Waals surface area contributed by atoms with Gasteiger partial charge in [-0.15, -0.1) is 0 Å². The highest BCUT2D eigenvalue weighted by Gasteiger charge is 2.16. The van der Waals surface area contributed by atoms with Gasteiger partial charge in [0.05, 0.1) is 17.9 Å². The van der Waals surface area contributed by atoms with Crippen molar-refractivity contribution >= 4 is 5.91 Å². The number of aryl methyl sites for hydroxylation is 2. The molecule has 0 heterocycles. The summed E-state index contributed by atoms with van der Waals surface area (Å²) in [5.41, 5.74) is 13.5. The van der Waals surface area contributed by atoms with Gasteiger partial charge in [0.2, 0.25) is 5.91 Å². The number of para-hydroxylation sites is 1. The maximum absolute atomic E-state index is 12.1. The smallest absolute Gasteiger partial charge is 0.237 e. The molecule has 0 aliphatic heterocycles. The molecule has 0 spiro atoms. The van der Waals surface area contributed by atoms with E-state index in [4.69, 9.17) is 16.2 Å². The minimum Gasteiger partial charge on any atom is -0.491 e. The minimum absolute atomic E-state index is 0.111. The molecule has 0 fully saturated rings. The van der Waals surface area contributed by atoms with Gasteiger partial charge in [0.15, 0.2) is 0 Å². The van der Waals surface area contributed by atoms with Crippen LogP contribution in [0.3, 0.4) is 0 Å². The highest BCUT2D eigenvalue weighted by atomic mass is 16.5. The summed E-state index contributed by atoms with van der Waals surface area (Å²) in [6.07, 6.45) is 2.37. The number of carbonyl (C=O) groups is 1. The van der Waals surface area contributed by atoms with Crippen molar-refractivity contribution in [1.82, 2.24) is 10.6 Å². The number of nitrogens with two attached hydrogens (primary N) is 2. The quantitative estimate of drug-likeness (QED) is 0.456. The SMILES string of the molecule is C=C(N)NCCCC[C@H](N)C(=O)NC(C)COc1c(C)cccc1C. The zero-order chi connectivity index (χ0) is 18.8. The Morgan fingerprint density at radius 2 is 1.92 bits per heavy atom. The zero-order valence-corrected chi connectivity index (χ0v) is 15.6. The Morgan fingerprint density at radius 1 is 1.28 bits per heavy atom. The van der Waals surface area contributed by atoms with Crippen molar-refractivity contribution < 1.29 is 9.53 Å². The van der Waals surface area contributed by atoms with E-state index in [2.05, 4.69) is 17.2 Å². The van der Waals surface area contributed by atoms with Crippen molar-refractivity contribution in [2.45, 2.75) is 52.1 Å². The van der Waals surface area contributed by atoms with Crippen molar-refractivity contribution in [1.29, 1.82) is 0 Å². The summed E-state index contributed by atoms with van der Waals surface area (Å²) in [5.74, 6) is 1.19. The van der Waals surface area contributed by atoms with Crippen LogP contribution in [0.1, 0.15) is 37.3 Å². The van der Waals surface area contributed by atoms with Crippen LogP contribution in [0.4, 0.5) is 0 Å². The highest BCUT2D eigenvalue weighted by molar-refractivity contribution is 5.81. The Hall–Kier alpha value is -2.21. The van der Waals surface area contributed by atoms with E-state index < -0.39 is 6.04 Å². The monoisotopic (exact) mass is 348 g/mol. The Bertz CT molecular complexity index is 554. The summed E-state index contributed by atoms with van der Waals surface area (Å²) in [4.78, 5) is 12.1. The van der Waals surface area contributed by atoms with Crippen molar-refractivity contribution in [3.63, 3.8) is 0 Å². The molecule has 6 nitrogen and oxygen atoms in total. The van der Waals surface area contributed by atoms with Gasteiger partial charge in [-0.25, -0.2) is 0 Å². The van der Waals surface area contributed by atoms with Crippen molar-refractivity contribution in [2.24, 2.45) is 11.5 Å². The van der Waals surface area contributed by atoms with Crippen LogP contribution in [0.15, 0.2) is 30.6 Å². The molecule has 0 bridgehead atoms. The van der Waals surface area contributed by atoms with Gasteiger partial charge in [0.25, 0.3) is 0 Å². The van der Waals surface area contributed by atoms with Gasteiger partial charge in [-0.3, -0.25) is 4.79 Å². The molecule has 0 aromatic heterocycles. The van der Waals surface area contributed by atoms with E-state index in [9.17, 15) is 4.79 Å². The molecule has 6 N–H and O–H groups in total. The van der Waals surface area contributed by atoms with Crippen LogP contribution < -0.4 is 26.8 Å². The van der Waals surface area contributed by atoms with E-state index in [1.54, 1.807) is 0 Å². The van der Waals surface area contributed by atoms with Gasteiger partial charge in [-0.05, 0) is 51.2 Å². The predicted molar refractivity (Wildman–Crippen MR) is 102 cm³/mol. The molecule has 0 aliphatic carbocycles. The van der Waals surface area contributed by atoms with Gasteiger partial charge in [0, 0.05) is 6.54 Å². The molecule has 1 unspecified atom stereocenters. The highest BCUT2D eigenvalue weighted by Crippen LogP contribution is 2.22. The van der Waals surface area contributed by atoms with Crippen LogP contribution in [0.25, 0.3) is 0 Å². The van der Waals surface area contributed by atoms with E-state index in [0.717, 1.165) is 36.3 Å². The Labute approximate surface area is 151 Å². The van der Waals surface area contributed by atoms with Crippen molar-refractivity contribution in [3.05, 3.63) is 41.7 Å². The molecular formula is C19H32N4O2. The summed E-state index contributed by atoms with van der Waals surface area (Å²) < 4.78 is 5.86. The van der Waals surface area contributed by atoms with Gasteiger partial charge in [-0.2, -0.15) is 0 Å². The fraction of sp³-hybridized carbons (Fsp3) is 0.526. The normalized spacial score (nSPS) is 13.0. The molecule has 6 heteroatoms. The maximum Gasteiger partial charge on any atom is 0.237 e. The predicted octanol–water partition coefficient (Wildman–Crippen LogP) is 1.70. The van der Waals surface area contributed by atoms with E-state index in [-0.39, 0.29) is 11.9 Å². The third-order valence-corrected chi connectivity index (χ3v) is 3.91. The lowest BCUT2D eigenvalue weighted by molar-refractivity contribution is -0.123. The third-order valence-electron chi connectivity index (χ3n) is 3.91. The summed E-state index contributed by atoms with van der Waals surface area (Å²) >= 11 is 0. The Kier molecular flexibility index (Phi) is 8.84. The van der Waals surface area contributed by atoms with Crippen LogP contribution in [0.2, 0.25) is 0 Å². The maximum atomic E-state index is 12.1. The van der Waals surface area contributed by atoms with Crippen LogP contribution in [0.5, 0.6) is 5.75 Å². The van der Waals surface area contributed by atoms with Crippen molar-refractivity contribution in [2.75, 3.05) is 13.2 Å². The molecule has 25 heavy (non-hydrogen) atoms. The first-order chi connectivity index (χ1) is 11.8. The first-order valence-corrected chi connectivity index (χ1v) is 8.74. The Balaban J connectivity index is 2.29. The minimum atomic E-state index is -0.510. The third kappa shape index (κ3) is 7.94. The molecule has 2 atom stereocenters.